The summed E-state index contributed by atoms with van der Waals surface area (Å²) < 4.78 is 0. The van der Waals surface area contributed by atoms with Crippen molar-refractivity contribution in [2.45, 2.75) is 39.5 Å². The number of aliphatic carboxylic acids is 1. The number of carbonyl (C=O) groups is 3. The quantitative estimate of drug-likeness (QED) is 0.747. The maximum Gasteiger partial charge on any atom is 0.310 e. The Morgan fingerprint density at radius 1 is 1.13 bits per heavy atom. The second kappa shape index (κ2) is 6.81. The molecule has 124 valence electrons. The Bertz CT molecular complexity index is 615. The van der Waals surface area contributed by atoms with Gasteiger partial charge in [0.05, 0.1) is 12.0 Å². The molecule has 0 saturated heterocycles. The van der Waals surface area contributed by atoms with Gasteiger partial charge in [-0.25, -0.2) is 0 Å². The SMILES string of the molecule is Cc1cccc(C)c1NC(=O)CNC(=O)CC1(C(=O)O)CCC1. The lowest BCUT2D eigenvalue weighted by molar-refractivity contribution is -0.157. The highest BCUT2D eigenvalue weighted by Gasteiger charge is 2.45. The average Bonchev–Trinajstić information content (AvgIpc) is 2.44. The van der Waals surface area contributed by atoms with E-state index in [1.165, 1.54) is 0 Å². The molecule has 1 aliphatic carbocycles. The van der Waals surface area contributed by atoms with Crippen LogP contribution in [0.5, 0.6) is 0 Å². The van der Waals surface area contributed by atoms with Crippen LogP contribution in [-0.2, 0) is 14.4 Å². The van der Waals surface area contributed by atoms with Gasteiger partial charge < -0.3 is 15.7 Å². The molecule has 1 aromatic carbocycles. The molecule has 0 bridgehead atoms. The molecule has 0 atom stereocenters. The number of rotatable bonds is 6. The van der Waals surface area contributed by atoms with Crippen LogP contribution in [0.1, 0.15) is 36.8 Å². The number of carbonyl (C=O) groups excluding carboxylic acids is 2. The molecule has 1 fully saturated rings. The van der Waals surface area contributed by atoms with Crippen molar-refractivity contribution in [3.63, 3.8) is 0 Å². The molecule has 1 aromatic rings. The van der Waals surface area contributed by atoms with Crippen LogP contribution >= 0.6 is 0 Å². The topological polar surface area (TPSA) is 95.5 Å². The Kier molecular flexibility index (Phi) is 5.03. The summed E-state index contributed by atoms with van der Waals surface area (Å²) in [5, 5.41) is 14.5. The van der Waals surface area contributed by atoms with Crippen molar-refractivity contribution < 1.29 is 19.5 Å². The van der Waals surface area contributed by atoms with Crippen molar-refractivity contribution in [1.29, 1.82) is 0 Å². The molecule has 2 amide bonds. The molecule has 0 aliphatic heterocycles. The monoisotopic (exact) mass is 318 g/mol. The van der Waals surface area contributed by atoms with E-state index >= 15 is 0 Å². The van der Waals surface area contributed by atoms with E-state index in [-0.39, 0.29) is 18.9 Å². The highest BCUT2D eigenvalue weighted by molar-refractivity contribution is 5.96. The summed E-state index contributed by atoms with van der Waals surface area (Å²) in [7, 11) is 0. The first-order valence-corrected chi connectivity index (χ1v) is 7.70. The van der Waals surface area contributed by atoms with Crippen molar-refractivity contribution in [3.05, 3.63) is 29.3 Å². The maximum atomic E-state index is 12.0. The molecule has 6 heteroatoms. The zero-order valence-electron chi connectivity index (χ0n) is 13.4. The van der Waals surface area contributed by atoms with Gasteiger partial charge >= 0.3 is 5.97 Å². The fourth-order valence-electron chi connectivity index (χ4n) is 2.81. The van der Waals surface area contributed by atoms with Crippen LogP contribution in [0.2, 0.25) is 0 Å². The standard InChI is InChI=1S/C17H22N2O4/c1-11-5-3-6-12(2)15(11)19-14(21)10-18-13(20)9-17(16(22)23)7-4-8-17/h3,5-6H,4,7-10H2,1-2H3,(H,18,20)(H,19,21)(H,22,23). The van der Waals surface area contributed by atoms with Crippen LogP contribution in [0, 0.1) is 19.3 Å². The van der Waals surface area contributed by atoms with Crippen LogP contribution in [-0.4, -0.2) is 29.4 Å². The lowest BCUT2D eigenvalue weighted by Gasteiger charge is -2.36. The second-order valence-corrected chi connectivity index (χ2v) is 6.21. The highest BCUT2D eigenvalue weighted by atomic mass is 16.4. The number of para-hydroxylation sites is 1. The second-order valence-electron chi connectivity index (χ2n) is 6.21. The van der Waals surface area contributed by atoms with Gasteiger partial charge in [0, 0.05) is 12.1 Å². The first-order chi connectivity index (χ1) is 10.8. The molecule has 3 N–H and O–H groups in total. The van der Waals surface area contributed by atoms with Gasteiger partial charge in [0.1, 0.15) is 0 Å². The predicted molar refractivity (Wildman–Crippen MR) is 86.1 cm³/mol. The fraction of sp³-hybridized carbons (Fsp3) is 0.471. The molecule has 23 heavy (non-hydrogen) atoms. The molecule has 0 unspecified atom stereocenters. The number of anilines is 1. The Labute approximate surface area is 135 Å². The van der Waals surface area contributed by atoms with Crippen molar-refractivity contribution in [3.8, 4) is 0 Å². The van der Waals surface area contributed by atoms with Gasteiger partial charge in [-0.05, 0) is 37.8 Å². The Morgan fingerprint density at radius 2 is 1.74 bits per heavy atom. The van der Waals surface area contributed by atoms with Gasteiger partial charge in [0.15, 0.2) is 0 Å². The first-order valence-electron chi connectivity index (χ1n) is 7.70. The van der Waals surface area contributed by atoms with Crippen LogP contribution in [0.15, 0.2) is 18.2 Å². The normalized spacial score (nSPS) is 15.4. The van der Waals surface area contributed by atoms with Crippen molar-refractivity contribution >= 4 is 23.5 Å². The van der Waals surface area contributed by atoms with E-state index in [1.807, 2.05) is 32.0 Å². The minimum absolute atomic E-state index is 0.0704. The van der Waals surface area contributed by atoms with Crippen LogP contribution in [0.3, 0.4) is 0 Å². The molecule has 0 aromatic heterocycles. The number of nitrogens with one attached hydrogen (secondary N) is 2. The summed E-state index contributed by atoms with van der Waals surface area (Å²) in [6.45, 7) is 3.63. The van der Waals surface area contributed by atoms with Crippen molar-refractivity contribution in [1.82, 2.24) is 5.32 Å². The lowest BCUT2D eigenvalue weighted by Crippen LogP contribution is -2.43. The van der Waals surface area contributed by atoms with E-state index in [9.17, 15) is 19.5 Å². The molecular weight excluding hydrogens is 296 g/mol. The smallest absolute Gasteiger partial charge is 0.310 e. The van der Waals surface area contributed by atoms with E-state index in [1.54, 1.807) is 0 Å². The van der Waals surface area contributed by atoms with Gasteiger partial charge in [-0.2, -0.15) is 0 Å². The van der Waals surface area contributed by atoms with E-state index in [4.69, 9.17) is 0 Å². The van der Waals surface area contributed by atoms with Gasteiger partial charge in [0.25, 0.3) is 0 Å². The average molecular weight is 318 g/mol. The number of hydrogen-bond acceptors (Lipinski definition) is 3. The summed E-state index contributed by atoms with van der Waals surface area (Å²) in [4.78, 5) is 35.1. The molecule has 2 rings (SSSR count). The highest BCUT2D eigenvalue weighted by Crippen LogP contribution is 2.44. The summed E-state index contributed by atoms with van der Waals surface area (Å²) >= 11 is 0. The minimum Gasteiger partial charge on any atom is -0.481 e. The molecule has 1 aliphatic rings. The number of carboxylic acid groups (broad SMARTS) is 1. The Balaban J connectivity index is 1.85. The summed E-state index contributed by atoms with van der Waals surface area (Å²) in [5.74, 6) is -1.66. The number of benzene rings is 1. The van der Waals surface area contributed by atoms with Crippen molar-refractivity contribution in [2.75, 3.05) is 11.9 Å². The lowest BCUT2D eigenvalue weighted by atomic mass is 9.66. The number of aryl methyl sites for hydroxylation is 2. The van der Waals surface area contributed by atoms with E-state index < -0.39 is 17.3 Å². The fourth-order valence-corrected chi connectivity index (χ4v) is 2.81. The Hall–Kier alpha value is -2.37. The van der Waals surface area contributed by atoms with E-state index in [0.717, 1.165) is 23.2 Å². The molecule has 0 radical (unpaired) electrons. The van der Waals surface area contributed by atoms with Crippen LogP contribution in [0.4, 0.5) is 5.69 Å². The third kappa shape index (κ3) is 3.88. The predicted octanol–water partition coefficient (Wildman–Crippen LogP) is 2.00. The minimum atomic E-state index is -0.937. The van der Waals surface area contributed by atoms with E-state index in [2.05, 4.69) is 10.6 Å². The molecule has 0 spiro atoms. The zero-order chi connectivity index (χ0) is 17.0. The summed E-state index contributed by atoms with van der Waals surface area (Å²) in [5.41, 5.74) is 1.70. The number of carboxylic acids is 1. The van der Waals surface area contributed by atoms with Gasteiger partial charge in [0.2, 0.25) is 11.8 Å². The van der Waals surface area contributed by atoms with Gasteiger partial charge in [-0.3, -0.25) is 14.4 Å². The number of hydrogen-bond donors (Lipinski definition) is 3. The van der Waals surface area contributed by atoms with Gasteiger partial charge in [-0.1, -0.05) is 24.6 Å². The third-order valence-corrected chi connectivity index (χ3v) is 4.45. The first kappa shape index (κ1) is 17.0. The zero-order valence-corrected chi connectivity index (χ0v) is 13.4. The summed E-state index contributed by atoms with van der Waals surface area (Å²) in [6, 6.07) is 5.70. The molecule has 6 nitrogen and oxygen atoms in total. The maximum absolute atomic E-state index is 12.0. The molecular formula is C17H22N2O4. The Morgan fingerprint density at radius 3 is 2.22 bits per heavy atom. The van der Waals surface area contributed by atoms with E-state index in [0.29, 0.717) is 12.8 Å². The van der Waals surface area contributed by atoms with Gasteiger partial charge in [-0.15, -0.1) is 0 Å². The van der Waals surface area contributed by atoms with Crippen LogP contribution in [0.25, 0.3) is 0 Å². The van der Waals surface area contributed by atoms with Crippen LogP contribution < -0.4 is 10.6 Å². The third-order valence-electron chi connectivity index (χ3n) is 4.45. The molecule has 1 saturated carbocycles. The largest absolute Gasteiger partial charge is 0.481 e. The number of amides is 2. The summed E-state index contributed by atoms with van der Waals surface area (Å²) in [6.07, 6.45) is 1.79. The van der Waals surface area contributed by atoms with Crippen molar-refractivity contribution in [2.24, 2.45) is 5.41 Å². The molecule has 0 heterocycles.